The Hall–Kier alpha value is -2.13. The van der Waals surface area contributed by atoms with E-state index >= 15 is 0 Å². The summed E-state index contributed by atoms with van der Waals surface area (Å²) in [7, 11) is 0. The van der Waals surface area contributed by atoms with Crippen LogP contribution < -0.4 is 10.9 Å². The zero-order valence-electron chi connectivity index (χ0n) is 8.21. The molecular weight excluding hydrogens is 243 g/mol. The molecule has 0 spiro atoms. The van der Waals surface area contributed by atoms with Crippen molar-refractivity contribution in [2.24, 2.45) is 0 Å². The van der Waals surface area contributed by atoms with Gasteiger partial charge in [0.2, 0.25) is 11.3 Å². The summed E-state index contributed by atoms with van der Waals surface area (Å²) in [6.45, 7) is -0.448. The molecule has 0 atom stereocenters. The Balaban J connectivity index is 2.13. The number of fused-ring (bicyclic) bond motifs is 1. The van der Waals surface area contributed by atoms with Gasteiger partial charge in [0.05, 0.1) is 6.42 Å². The molecule has 92 valence electrons. The molecule has 7 nitrogen and oxygen atoms in total. The zero-order valence-corrected chi connectivity index (χ0v) is 8.21. The first-order valence-corrected chi connectivity index (χ1v) is 4.49. The van der Waals surface area contributed by atoms with Crippen molar-refractivity contribution in [2.45, 2.75) is 12.6 Å². The zero-order chi connectivity index (χ0) is 12.5. The van der Waals surface area contributed by atoms with Gasteiger partial charge in [0.15, 0.2) is 5.82 Å². The summed E-state index contributed by atoms with van der Waals surface area (Å²) < 4.78 is 39.9. The second kappa shape index (κ2) is 4.03. The molecule has 0 aliphatic carbocycles. The van der Waals surface area contributed by atoms with E-state index in [1.54, 1.807) is 0 Å². The van der Waals surface area contributed by atoms with E-state index in [9.17, 15) is 18.0 Å². The van der Waals surface area contributed by atoms with Gasteiger partial charge in [-0.3, -0.25) is 9.78 Å². The summed E-state index contributed by atoms with van der Waals surface area (Å²) in [6.07, 6.45) is -5.36. The molecule has 2 N–H and O–H groups in total. The lowest BCUT2D eigenvalue weighted by Crippen LogP contribution is -2.20. The minimum absolute atomic E-state index is 0.0131. The van der Waals surface area contributed by atoms with Crippen LogP contribution in [0.2, 0.25) is 0 Å². The quantitative estimate of drug-likeness (QED) is 0.829. The van der Waals surface area contributed by atoms with E-state index in [1.165, 1.54) is 0 Å². The third-order valence-electron chi connectivity index (χ3n) is 1.84. The van der Waals surface area contributed by atoms with Crippen molar-refractivity contribution in [1.82, 2.24) is 20.3 Å². The average Bonchev–Trinajstić information content (AvgIpc) is 2.63. The molecule has 0 fully saturated rings. The molecule has 2 heterocycles. The number of alkyl halides is 3. The molecule has 2 aromatic rings. The number of hydrogen-bond donors (Lipinski definition) is 2. The molecule has 0 saturated carbocycles. The molecule has 0 saturated heterocycles. The Morgan fingerprint density at radius 1 is 1.35 bits per heavy atom. The fourth-order valence-electron chi connectivity index (χ4n) is 1.10. The molecule has 0 radical (unpaired) electrons. The van der Waals surface area contributed by atoms with Crippen molar-refractivity contribution in [3.63, 3.8) is 0 Å². The van der Waals surface area contributed by atoms with Crippen LogP contribution in [0.15, 0.2) is 9.42 Å². The van der Waals surface area contributed by atoms with Gasteiger partial charge in [0, 0.05) is 6.54 Å². The van der Waals surface area contributed by atoms with Crippen LogP contribution in [0.5, 0.6) is 0 Å². The third kappa shape index (κ3) is 2.71. The lowest BCUT2D eigenvalue weighted by atomic mass is 10.4. The predicted octanol–water partition coefficient (Wildman–Crippen LogP) is 0.670. The smallest absolute Gasteiger partial charge is 0.365 e. The van der Waals surface area contributed by atoms with Gasteiger partial charge >= 0.3 is 6.18 Å². The number of nitrogens with one attached hydrogen (secondary N) is 2. The van der Waals surface area contributed by atoms with Crippen LogP contribution in [-0.4, -0.2) is 33.0 Å². The normalized spacial score (nSPS) is 11.9. The first-order chi connectivity index (χ1) is 7.96. The van der Waals surface area contributed by atoms with Crippen LogP contribution in [0.25, 0.3) is 11.3 Å². The lowest BCUT2D eigenvalue weighted by molar-refractivity contribution is -0.131. The van der Waals surface area contributed by atoms with E-state index in [1.807, 2.05) is 0 Å². The monoisotopic (exact) mass is 249 g/mol. The predicted molar refractivity (Wildman–Crippen MR) is 49.4 cm³/mol. The molecule has 2 aromatic heterocycles. The molecule has 2 rings (SSSR count). The second-order valence-corrected chi connectivity index (χ2v) is 3.14. The molecule has 0 bridgehead atoms. The van der Waals surface area contributed by atoms with Crippen LogP contribution in [0.3, 0.4) is 0 Å². The minimum Gasteiger partial charge on any atom is -0.365 e. The summed E-state index contributed by atoms with van der Waals surface area (Å²) in [6, 6.07) is 0. The van der Waals surface area contributed by atoms with Crippen LogP contribution >= 0.6 is 0 Å². The van der Waals surface area contributed by atoms with E-state index in [0.717, 1.165) is 0 Å². The summed E-state index contributed by atoms with van der Waals surface area (Å²) in [5, 5.41) is 8.94. The summed E-state index contributed by atoms with van der Waals surface area (Å²) in [4.78, 5) is 17.2. The van der Waals surface area contributed by atoms with Crippen LogP contribution in [0.4, 0.5) is 19.0 Å². The maximum Gasteiger partial charge on any atom is 0.390 e. The fourth-order valence-corrected chi connectivity index (χ4v) is 1.10. The number of nitrogens with zero attached hydrogens (tertiary/aromatic N) is 3. The van der Waals surface area contributed by atoms with Gasteiger partial charge in [-0.2, -0.15) is 18.2 Å². The third-order valence-corrected chi connectivity index (χ3v) is 1.84. The number of aromatic amines is 1. The SMILES string of the molecule is O=c1[nH]c2nonc2nc1NCCC(F)(F)F. The van der Waals surface area contributed by atoms with Crippen molar-refractivity contribution < 1.29 is 17.8 Å². The van der Waals surface area contributed by atoms with Gasteiger partial charge in [-0.15, -0.1) is 0 Å². The van der Waals surface area contributed by atoms with Crippen molar-refractivity contribution >= 4 is 17.1 Å². The van der Waals surface area contributed by atoms with Crippen molar-refractivity contribution in [2.75, 3.05) is 11.9 Å². The lowest BCUT2D eigenvalue weighted by Gasteiger charge is -2.06. The highest BCUT2D eigenvalue weighted by atomic mass is 19.4. The van der Waals surface area contributed by atoms with Gasteiger partial charge in [0.1, 0.15) is 0 Å². The molecular formula is C7H6F3N5O2. The average molecular weight is 249 g/mol. The van der Waals surface area contributed by atoms with E-state index in [0.29, 0.717) is 0 Å². The highest BCUT2D eigenvalue weighted by Gasteiger charge is 2.26. The number of aromatic nitrogens is 4. The molecule has 0 aliphatic rings. The Labute approximate surface area is 91.0 Å². The fraction of sp³-hybridized carbons (Fsp3) is 0.429. The highest BCUT2D eigenvalue weighted by molar-refractivity contribution is 5.64. The summed E-state index contributed by atoms with van der Waals surface area (Å²) in [5.74, 6) is -0.252. The maximum atomic E-state index is 11.9. The standard InChI is InChI=1S/C7H6F3N5O2/c8-7(9,10)1-2-11-5-6(16)13-4-3(12-5)14-17-15-4/h1-2H2,(H,11,12,14)(H,13,15,16). The molecule has 0 unspecified atom stereocenters. The first-order valence-electron chi connectivity index (χ1n) is 4.49. The molecule has 0 aliphatic heterocycles. The molecule has 0 amide bonds. The maximum absolute atomic E-state index is 11.9. The van der Waals surface area contributed by atoms with Crippen LogP contribution in [0.1, 0.15) is 6.42 Å². The number of anilines is 1. The second-order valence-electron chi connectivity index (χ2n) is 3.14. The Morgan fingerprint density at radius 2 is 2.12 bits per heavy atom. The minimum atomic E-state index is -4.29. The first kappa shape index (κ1) is 11.4. The number of rotatable bonds is 3. The Bertz CT molecular complexity index is 575. The Kier molecular flexibility index (Phi) is 2.69. The number of hydrogen-bond acceptors (Lipinski definition) is 6. The number of halogens is 3. The van der Waals surface area contributed by atoms with E-state index in [-0.39, 0.29) is 17.1 Å². The topological polar surface area (TPSA) is 96.7 Å². The van der Waals surface area contributed by atoms with Gasteiger partial charge in [0.25, 0.3) is 5.56 Å². The van der Waals surface area contributed by atoms with Crippen molar-refractivity contribution in [1.29, 1.82) is 0 Å². The van der Waals surface area contributed by atoms with Crippen LogP contribution in [0, 0.1) is 0 Å². The van der Waals surface area contributed by atoms with E-state index < -0.39 is 24.7 Å². The van der Waals surface area contributed by atoms with Crippen molar-refractivity contribution in [3.8, 4) is 0 Å². The molecule has 17 heavy (non-hydrogen) atoms. The van der Waals surface area contributed by atoms with Gasteiger partial charge in [-0.05, 0) is 10.3 Å². The van der Waals surface area contributed by atoms with Crippen molar-refractivity contribution in [3.05, 3.63) is 10.4 Å². The van der Waals surface area contributed by atoms with Crippen LogP contribution in [-0.2, 0) is 0 Å². The van der Waals surface area contributed by atoms with E-state index in [4.69, 9.17) is 0 Å². The Morgan fingerprint density at radius 3 is 2.82 bits per heavy atom. The highest BCUT2D eigenvalue weighted by Crippen LogP contribution is 2.18. The van der Waals surface area contributed by atoms with Gasteiger partial charge in [-0.25, -0.2) is 4.63 Å². The summed E-state index contributed by atoms with van der Waals surface area (Å²) in [5.41, 5.74) is -0.633. The number of H-pyrrole nitrogens is 1. The largest absolute Gasteiger partial charge is 0.390 e. The molecule has 10 heteroatoms. The van der Waals surface area contributed by atoms with Gasteiger partial charge < -0.3 is 5.32 Å². The molecule has 0 aromatic carbocycles. The van der Waals surface area contributed by atoms with E-state index in [2.05, 4.69) is 30.2 Å². The van der Waals surface area contributed by atoms with Gasteiger partial charge in [-0.1, -0.05) is 0 Å². The summed E-state index contributed by atoms with van der Waals surface area (Å²) >= 11 is 0.